The van der Waals surface area contributed by atoms with E-state index >= 15 is 0 Å². The van der Waals surface area contributed by atoms with Gasteiger partial charge in [0.1, 0.15) is 0 Å². The maximum atomic E-state index is 4.72. The molecular formula is C14H19N3S. The summed E-state index contributed by atoms with van der Waals surface area (Å²) >= 11 is 2.04. The van der Waals surface area contributed by atoms with Crippen molar-refractivity contribution in [3.05, 3.63) is 30.0 Å². The summed E-state index contributed by atoms with van der Waals surface area (Å²) in [6.45, 7) is 3.96. The Bertz CT molecular complexity index is 529. The number of nitrogens with one attached hydrogen (secondary N) is 1. The maximum absolute atomic E-state index is 4.72. The van der Waals surface area contributed by atoms with Gasteiger partial charge in [0.05, 0.1) is 11.2 Å². The van der Waals surface area contributed by atoms with Gasteiger partial charge in [-0.05, 0) is 25.2 Å². The molecule has 2 heterocycles. The average molecular weight is 261 g/mol. The topological polar surface area (TPSA) is 29.9 Å². The number of benzene rings is 1. The van der Waals surface area contributed by atoms with Crippen molar-refractivity contribution >= 4 is 22.7 Å². The molecule has 0 amide bonds. The van der Waals surface area contributed by atoms with Gasteiger partial charge in [-0.2, -0.15) is 16.9 Å². The largest absolute Gasteiger partial charge is 0.307 e. The second-order valence-electron chi connectivity index (χ2n) is 4.72. The van der Waals surface area contributed by atoms with Crippen molar-refractivity contribution in [2.75, 3.05) is 11.5 Å². The van der Waals surface area contributed by atoms with Crippen LogP contribution in [0.15, 0.2) is 24.3 Å². The number of aromatic nitrogens is 2. The molecule has 0 aliphatic carbocycles. The van der Waals surface area contributed by atoms with Crippen molar-refractivity contribution in [1.29, 1.82) is 0 Å². The van der Waals surface area contributed by atoms with E-state index in [1.54, 1.807) is 0 Å². The summed E-state index contributed by atoms with van der Waals surface area (Å²) in [7, 11) is 0. The van der Waals surface area contributed by atoms with E-state index in [0.717, 1.165) is 13.1 Å². The van der Waals surface area contributed by atoms with Gasteiger partial charge in [0.15, 0.2) is 0 Å². The number of hydrogen-bond donors (Lipinski definition) is 1. The van der Waals surface area contributed by atoms with Crippen LogP contribution in [-0.2, 0) is 13.1 Å². The Morgan fingerprint density at radius 1 is 1.44 bits per heavy atom. The molecule has 1 aromatic heterocycles. The molecule has 96 valence electrons. The van der Waals surface area contributed by atoms with Crippen LogP contribution in [0, 0.1) is 0 Å². The Morgan fingerprint density at radius 3 is 3.11 bits per heavy atom. The number of aryl methyl sites for hydroxylation is 1. The van der Waals surface area contributed by atoms with Crippen LogP contribution in [0.25, 0.3) is 10.9 Å². The second-order valence-corrected chi connectivity index (χ2v) is 5.87. The van der Waals surface area contributed by atoms with Crippen LogP contribution in [0.1, 0.15) is 19.0 Å². The molecule has 1 fully saturated rings. The van der Waals surface area contributed by atoms with Crippen molar-refractivity contribution in [2.45, 2.75) is 32.5 Å². The lowest BCUT2D eigenvalue weighted by Crippen LogP contribution is -2.28. The van der Waals surface area contributed by atoms with Crippen LogP contribution in [0.4, 0.5) is 0 Å². The summed E-state index contributed by atoms with van der Waals surface area (Å²) in [5.74, 6) is 2.54. The second kappa shape index (κ2) is 5.33. The number of nitrogens with zero attached hydrogens (tertiary/aromatic N) is 2. The first kappa shape index (κ1) is 12.1. The zero-order valence-corrected chi connectivity index (χ0v) is 11.5. The number of fused-ring (bicyclic) bond motifs is 1. The first-order valence-electron chi connectivity index (χ1n) is 6.64. The highest BCUT2D eigenvalue weighted by atomic mass is 32.2. The van der Waals surface area contributed by atoms with Gasteiger partial charge < -0.3 is 5.32 Å². The van der Waals surface area contributed by atoms with E-state index in [1.165, 1.54) is 34.5 Å². The number of hydrogen-bond acceptors (Lipinski definition) is 3. The van der Waals surface area contributed by atoms with Gasteiger partial charge in [-0.1, -0.05) is 18.2 Å². The summed E-state index contributed by atoms with van der Waals surface area (Å²) < 4.78 is 2.09. The van der Waals surface area contributed by atoms with Crippen molar-refractivity contribution in [3.8, 4) is 0 Å². The zero-order valence-electron chi connectivity index (χ0n) is 10.7. The Morgan fingerprint density at radius 2 is 2.33 bits per heavy atom. The number of para-hydroxylation sites is 1. The summed E-state index contributed by atoms with van der Waals surface area (Å²) in [4.78, 5) is 0. The normalized spacial score (nSPS) is 19.7. The quantitative estimate of drug-likeness (QED) is 0.917. The third-order valence-corrected chi connectivity index (χ3v) is 4.68. The minimum atomic E-state index is 0.667. The highest BCUT2D eigenvalue weighted by molar-refractivity contribution is 7.99. The monoisotopic (exact) mass is 261 g/mol. The van der Waals surface area contributed by atoms with E-state index in [1.807, 2.05) is 11.8 Å². The molecule has 1 saturated heterocycles. The molecule has 3 nitrogen and oxygen atoms in total. The van der Waals surface area contributed by atoms with Crippen LogP contribution >= 0.6 is 11.8 Å². The first-order chi connectivity index (χ1) is 8.88. The van der Waals surface area contributed by atoms with Crippen molar-refractivity contribution < 1.29 is 0 Å². The minimum Gasteiger partial charge on any atom is -0.307 e. The van der Waals surface area contributed by atoms with Crippen molar-refractivity contribution in [3.63, 3.8) is 0 Å². The zero-order chi connectivity index (χ0) is 12.4. The average Bonchev–Trinajstić information content (AvgIpc) is 3.04. The summed E-state index contributed by atoms with van der Waals surface area (Å²) in [5, 5.41) is 9.64. The highest BCUT2D eigenvalue weighted by Gasteiger charge is 2.16. The predicted octanol–water partition coefficient (Wildman–Crippen LogP) is 2.65. The van der Waals surface area contributed by atoms with Crippen molar-refractivity contribution in [2.24, 2.45) is 0 Å². The first-order valence-corrected chi connectivity index (χ1v) is 7.79. The van der Waals surface area contributed by atoms with Crippen LogP contribution in [0.2, 0.25) is 0 Å². The molecule has 0 saturated carbocycles. The Labute approximate surface area is 112 Å². The molecule has 1 aromatic carbocycles. The molecule has 1 aliphatic rings. The molecule has 1 N–H and O–H groups in total. The van der Waals surface area contributed by atoms with Gasteiger partial charge in [0, 0.05) is 30.3 Å². The Balaban J connectivity index is 1.82. The smallest absolute Gasteiger partial charge is 0.0841 e. The third-order valence-electron chi connectivity index (χ3n) is 3.52. The van der Waals surface area contributed by atoms with Crippen LogP contribution in [0.5, 0.6) is 0 Å². The molecule has 1 atom stereocenters. The van der Waals surface area contributed by atoms with Gasteiger partial charge in [-0.15, -0.1) is 0 Å². The van der Waals surface area contributed by atoms with Gasteiger partial charge >= 0.3 is 0 Å². The Hall–Kier alpha value is -1.00. The fraction of sp³-hybridized carbons (Fsp3) is 0.500. The molecule has 0 bridgehead atoms. The molecular weight excluding hydrogens is 242 g/mol. The number of rotatable bonds is 4. The standard InChI is InChI=1S/C14H19N3S/c1-2-17-14-6-4-3-5-12(14)13(16-17)9-15-11-7-8-18-10-11/h3-6,11,15H,2,7-10H2,1H3/t11-/m1/s1. The van der Waals surface area contributed by atoms with E-state index in [4.69, 9.17) is 5.10 Å². The van der Waals surface area contributed by atoms with Gasteiger partial charge in [-0.3, -0.25) is 4.68 Å². The van der Waals surface area contributed by atoms with E-state index in [9.17, 15) is 0 Å². The third kappa shape index (κ3) is 2.27. The fourth-order valence-electron chi connectivity index (χ4n) is 2.50. The molecule has 18 heavy (non-hydrogen) atoms. The predicted molar refractivity (Wildman–Crippen MR) is 78.0 cm³/mol. The lowest BCUT2D eigenvalue weighted by atomic mass is 10.2. The van der Waals surface area contributed by atoms with Crippen molar-refractivity contribution in [1.82, 2.24) is 15.1 Å². The fourth-order valence-corrected chi connectivity index (χ4v) is 3.69. The SMILES string of the molecule is CCn1nc(CN[C@@H]2CCSC2)c2ccccc21. The molecule has 0 spiro atoms. The lowest BCUT2D eigenvalue weighted by molar-refractivity contribution is 0.545. The van der Waals surface area contributed by atoms with Gasteiger partial charge in [-0.25, -0.2) is 0 Å². The maximum Gasteiger partial charge on any atom is 0.0841 e. The summed E-state index contributed by atoms with van der Waals surface area (Å²) in [6, 6.07) is 9.18. The van der Waals surface area contributed by atoms with E-state index in [-0.39, 0.29) is 0 Å². The van der Waals surface area contributed by atoms with E-state index in [2.05, 4.69) is 41.2 Å². The molecule has 0 radical (unpaired) electrons. The highest BCUT2D eigenvalue weighted by Crippen LogP contribution is 2.20. The van der Waals surface area contributed by atoms with Gasteiger partial charge in [0.25, 0.3) is 0 Å². The van der Waals surface area contributed by atoms with E-state index < -0.39 is 0 Å². The summed E-state index contributed by atoms with van der Waals surface area (Å²) in [6.07, 6.45) is 1.29. The summed E-state index contributed by atoms with van der Waals surface area (Å²) in [5.41, 5.74) is 2.43. The van der Waals surface area contributed by atoms with Crippen LogP contribution in [0.3, 0.4) is 0 Å². The Kier molecular flexibility index (Phi) is 3.57. The van der Waals surface area contributed by atoms with Crippen LogP contribution < -0.4 is 5.32 Å². The molecule has 2 aromatic rings. The van der Waals surface area contributed by atoms with Crippen LogP contribution in [-0.4, -0.2) is 27.3 Å². The van der Waals surface area contributed by atoms with Gasteiger partial charge in [0.2, 0.25) is 0 Å². The van der Waals surface area contributed by atoms with E-state index in [0.29, 0.717) is 6.04 Å². The number of thioether (sulfide) groups is 1. The molecule has 0 unspecified atom stereocenters. The molecule has 1 aliphatic heterocycles. The minimum absolute atomic E-state index is 0.667. The molecule has 4 heteroatoms. The lowest BCUT2D eigenvalue weighted by Gasteiger charge is -2.09. The molecule has 3 rings (SSSR count).